The lowest BCUT2D eigenvalue weighted by atomic mass is 9.84. The smallest absolute Gasteiger partial charge is 0.249 e. The van der Waals surface area contributed by atoms with Crippen molar-refractivity contribution in [1.29, 1.82) is 0 Å². The molecule has 228 valence electrons. The van der Waals surface area contributed by atoms with Gasteiger partial charge in [0.15, 0.2) is 18.8 Å². The van der Waals surface area contributed by atoms with E-state index < -0.39 is 104 Å². The Balaban J connectivity index is 1.83. The zero-order chi connectivity index (χ0) is 29.0. The first-order chi connectivity index (χ1) is 18.4. The fourth-order valence-corrected chi connectivity index (χ4v) is 5.05. The van der Waals surface area contributed by atoms with E-state index in [4.69, 9.17) is 47.6 Å². The van der Waals surface area contributed by atoms with E-state index in [0.29, 0.717) is 0 Å². The van der Waals surface area contributed by atoms with Gasteiger partial charge >= 0.3 is 0 Å². The van der Waals surface area contributed by atoms with Crippen molar-refractivity contribution in [2.24, 2.45) is 28.7 Å². The third kappa shape index (κ3) is 7.38. The van der Waals surface area contributed by atoms with E-state index in [0.717, 1.165) is 0 Å². The van der Waals surface area contributed by atoms with Crippen LogP contribution in [0.5, 0.6) is 0 Å². The summed E-state index contributed by atoms with van der Waals surface area (Å²) in [6, 6.07) is -4.30. The zero-order valence-corrected chi connectivity index (χ0v) is 21.4. The summed E-state index contributed by atoms with van der Waals surface area (Å²) in [4.78, 5) is 12.5. The zero-order valence-electron chi connectivity index (χ0n) is 21.4. The second kappa shape index (κ2) is 14.1. The summed E-state index contributed by atoms with van der Waals surface area (Å²) in [7, 11) is 0. The minimum absolute atomic E-state index is 0.0192. The first-order valence-corrected chi connectivity index (χ1v) is 13.0. The van der Waals surface area contributed by atoms with Gasteiger partial charge in [0.25, 0.3) is 0 Å². The number of hydrogen-bond donors (Lipinski definition) is 11. The molecule has 0 radical (unpaired) electrons. The van der Waals surface area contributed by atoms with Gasteiger partial charge in [0.1, 0.15) is 36.6 Å². The predicted molar refractivity (Wildman–Crippen MR) is 131 cm³/mol. The molecule has 17 heteroatoms. The predicted octanol–water partition coefficient (Wildman–Crippen LogP) is -6.45. The van der Waals surface area contributed by atoms with Crippen molar-refractivity contribution >= 4 is 5.91 Å². The van der Waals surface area contributed by atoms with Crippen LogP contribution in [-0.4, -0.2) is 143 Å². The maximum absolute atomic E-state index is 16.2. The van der Waals surface area contributed by atoms with Crippen LogP contribution in [0.1, 0.15) is 19.3 Å². The number of carbonyl (C=O) groups excluding carboxylic acids is 1. The minimum atomic E-state index is -2.07. The number of nitrogens with two attached hydrogens (primary N) is 5. The van der Waals surface area contributed by atoms with Gasteiger partial charge in [-0.1, -0.05) is 0 Å². The number of halogens is 1. The maximum atomic E-state index is 16.2. The SMILES string of the molecule is NCC[C@H](O)C(=O)N[C@@H]1C[C@H](N)[C@@H](O[C@H]2O[C@H](CN)[C@@H](O)C[C@H]2N)[C@H](F)[C@H]1O[C@H]1O[C@H](CO)[C@@H](O)[C@H](N)[C@H]1O. The van der Waals surface area contributed by atoms with E-state index in [1.807, 2.05) is 0 Å². The first-order valence-electron chi connectivity index (χ1n) is 13.0. The Morgan fingerprint density at radius 1 is 0.974 bits per heavy atom. The molecule has 15 atom stereocenters. The Labute approximate surface area is 224 Å². The van der Waals surface area contributed by atoms with E-state index in [9.17, 15) is 30.3 Å². The normalized spacial score (nSPS) is 46.0. The molecule has 0 aromatic rings. The molecule has 0 aromatic heterocycles. The van der Waals surface area contributed by atoms with Crippen LogP contribution >= 0.6 is 0 Å². The molecule has 2 aliphatic heterocycles. The molecule has 2 saturated heterocycles. The molecule has 0 bridgehead atoms. The van der Waals surface area contributed by atoms with Gasteiger partial charge in [-0.15, -0.1) is 0 Å². The highest BCUT2D eigenvalue weighted by molar-refractivity contribution is 5.80. The van der Waals surface area contributed by atoms with Crippen molar-refractivity contribution in [2.45, 2.75) is 111 Å². The molecule has 1 aliphatic carbocycles. The highest BCUT2D eigenvalue weighted by atomic mass is 19.1. The number of alkyl halides is 1. The van der Waals surface area contributed by atoms with Crippen LogP contribution in [0.3, 0.4) is 0 Å². The molecular formula is C22H43FN6O10. The number of aliphatic hydroxyl groups is 5. The number of aliphatic hydroxyl groups excluding tert-OH is 5. The Morgan fingerprint density at radius 3 is 2.23 bits per heavy atom. The molecule has 3 rings (SSSR count). The van der Waals surface area contributed by atoms with Crippen molar-refractivity contribution in [3.63, 3.8) is 0 Å². The average Bonchev–Trinajstić information content (AvgIpc) is 2.89. The monoisotopic (exact) mass is 570 g/mol. The molecule has 3 fully saturated rings. The van der Waals surface area contributed by atoms with Crippen molar-refractivity contribution in [3.8, 4) is 0 Å². The van der Waals surface area contributed by atoms with Crippen LogP contribution in [0.15, 0.2) is 0 Å². The molecule has 2 heterocycles. The van der Waals surface area contributed by atoms with Gasteiger partial charge in [0.2, 0.25) is 5.91 Å². The number of amides is 1. The molecule has 0 unspecified atom stereocenters. The third-order valence-electron chi connectivity index (χ3n) is 7.40. The maximum Gasteiger partial charge on any atom is 0.249 e. The van der Waals surface area contributed by atoms with E-state index in [1.165, 1.54) is 0 Å². The van der Waals surface area contributed by atoms with E-state index in [-0.39, 0.29) is 32.4 Å². The number of hydrogen-bond acceptors (Lipinski definition) is 15. The van der Waals surface area contributed by atoms with Crippen LogP contribution in [0.25, 0.3) is 0 Å². The van der Waals surface area contributed by atoms with Crippen LogP contribution in [0.2, 0.25) is 0 Å². The van der Waals surface area contributed by atoms with Gasteiger partial charge < -0.3 is 78.5 Å². The Hall–Kier alpha value is -1.16. The summed E-state index contributed by atoms with van der Waals surface area (Å²) >= 11 is 0. The van der Waals surface area contributed by atoms with Gasteiger partial charge in [0.05, 0.1) is 36.9 Å². The standard InChI is InChI=1S/C22H43FN6O10/c23-14-18(38-21-8(27)4-11(32)12(5-25)36-21)7(26)3-9(29-20(35)10(31)1-2-24)19(14)39-22-17(34)15(28)16(33)13(6-30)37-22/h7-19,21-22,30-34H,1-6,24-28H2,(H,29,35)/t7-,8+,9+,10-,11-,12+,13+,14-,15-,16+,17+,18+,19-,21+,22+/m0/s1. The van der Waals surface area contributed by atoms with E-state index in [2.05, 4.69) is 5.32 Å². The Bertz CT molecular complexity index is 792. The van der Waals surface area contributed by atoms with Crippen LogP contribution < -0.4 is 34.0 Å². The molecule has 0 aromatic carbocycles. The molecule has 1 amide bonds. The number of ether oxygens (including phenoxy) is 4. The van der Waals surface area contributed by atoms with Crippen molar-refractivity contribution < 1.29 is 53.7 Å². The quantitative estimate of drug-likeness (QED) is 0.116. The lowest BCUT2D eigenvalue weighted by molar-refractivity contribution is -0.310. The van der Waals surface area contributed by atoms with Gasteiger partial charge in [-0.2, -0.15) is 0 Å². The topological polar surface area (TPSA) is 297 Å². The summed E-state index contributed by atoms with van der Waals surface area (Å²) in [6.45, 7) is -0.687. The van der Waals surface area contributed by atoms with Gasteiger partial charge in [-0.25, -0.2) is 4.39 Å². The summed E-state index contributed by atoms with van der Waals surface area (Å²) in [5, 5.41) is 52.8. The first kappa shape index (κ1) is 32.4. The summed E-state index contributed by atoms with van der Waals surface area (Å²) < 4.78 is 38.9. The largest absolute Gasteiger partial charge is 0.394 e. The fourth-order valence-electron chi connectivity index (χ4n) is 5.05. The van der Waals surface area contributed by atoms with Crippen molar-refractivity contribution in [1.82, 2.24) is 5.32 Å². The molecule has 3 aliphatic rings. The van der Waals surface area contributed by atoms with Crippen LogP contribution in [0, 0.1) is 0 Å². The van der Waals surface area contributed by atoms with Gasteiger partial charge in [0, 0.05) is 12.6 Å². The second-order valence-electron chi connectivity index (χ2n) is 10.3. The van der Waals surface area contributed by atoms with Crippen molar-refractivity contribution in [3.05, 3.63) is 0 Å². The number of nitrogens with one attached hydrogen (secondary N) is 1. The van der Waals surface area contributed by atoms with Gasteiger partial charge in [-0.3, -0.25) is 4.79 Å². The summed E-state index contributed by atoms with van der Waals surface area (Å²) in [6.07, 6.45) is -15.4. The van der Waals surface area contributed by atoms with Crippen molar-refractivity contribution in [2.75, 3.05) is 19.7 Å². The van der Waals surface area contributed by atoms with Crippen LogP contribution in [0.4, 0.5) is 4.39 Å². The number of rotatable bonds is 10. The Kier molecular flexibility index (Phi) is 11.7. The molecule has 16 nitrogen and oxygen atoms in total. The van der Waals surface area contributed by atoms with E-state index in [1.54, 1.807) is 0 Å². The molecule has 0 spiro atoms. The lowest BCUT2D eigenvalue weighted by Crippen LogP contribution is -2.68. The van der Waals surface area contributed by atoms with Crippen LogP contribution in [-0.2, 0) is 23.7 Å². The highest BCUT2D eigenvalue weighted by Crippen LogP contribution is 2.33. The Morgan fingerprint density at radius 2 is 1.62 bits per heavy atom. The lowest BCUT2D eigenvalue weighted by Gasteiger charge is -2.48. The molecular weight excluding hydrogens is 527 g/mol. The molecule has 1 saturated carbocycles. The third-order valence-corrected chi connectivity index (χ3v) is 7.40. The molecule has 39 heavy (non-hydrogen) atoms. The number of carbonyl (C=O) groups is 1. The fraction of sp³-hybridized carbons (Fsp3) is 0.955. The highest BCUT2D eigenvalue weighted by Gasteiger charge is 2.52. The van der Waals surface area contributed by atoms with Gasteiger partial charge in [-0.05, 0) is 25.8 Å². The average molecular weight is 571 g/mol. The van der Waals surface area contributed by atoms with E-state index >= 15 is 4.39 Å². The summed E-state index contributed by atoms with van der Waals surface area (Å²) in [5.41, 5.74) is 29.2. The molecule has 16 N–H and O–H groups in total. The second-order valence-corrected chi connectivity index (χ2v) is 10.3. The summed E-state index contributed by atoms with van der Waals surface area (Å²) in [5.74, 6) is -0.847. The minimum Gasteiger partial charge on any atom is -0.394 e.